The first-order chi connectivity index (χ1) is 28.8. The van der Waals surface area contributed by atoms with Gasteiger partial charge in [-0.1, -0.05) is 101 Å². The molecule has 2 aromatic heterocycles. The summed E-state index contributed by atoms with van der Waals surface area (Å²) in [6.45, 7) is 7.67. The predicted octanol–water partition coefficient (Wildman–Crippen LogP) is 4.62. The van der Waals surface area contributed by atoms with Gasteiger partial charge < -0.3 is 25.8 Å². The van der Waals surface area contributed by atoms with E-state index in [-0.39, 0.29) is 50.8 Å². The number of pyridine rings is 2. The first-order valence-electron chi connectivity index (χ1n) is 20.2. The van der Waals surface area contributed by atoms with Crippen LogP contribution < -0.4 is 21.4 Å². The highest BCUT2D eigenvalue weighted by molar-refractivity contribution is 6.06. The minimum absolute atomic E-state index is 0.0292. The van der Waals surface area contributed by atoms with Crippen molar-refractivity contribution in [2.24, 2.45) is 17.3 Å². The van der Waals surface area contributed by atoms with Gasteiger partial charge in [-0.15, -0.1) is 0 Å². The number of hydrazine groups is 1. The van der Waals surface area contributed by atoms with Crippen LogP contribution in [0.5, 0.6) is 0 Å². The number of carbonyl (C=O) groups is 5. The minimum Gasteiger partial charge on any atom is -0.453 e. The molecule has 0 saturated carbocycles. The van der Waals surface area contributed by atoms with Crippen molar-refractivity contribution in [3.05, 3.63) is 120 Å². The van der Waals surface area contributed by atoms with E-state index in [0.717, 1.165) is 27.3 Å². The van der Waals surface area contributed by atoms with Gasteiger partial charge in [-0.3, -0.25) is 34.7 Å². The number of ether oxygens (including phenoxy) is 1. The molecule has 318 valence electrons. The summed E-state index contributed by atoms with van der Waals surface area (Å²) >= 11 is 0. The zero-order valence-electron chi connectivity index (χ0n) is 34.8. The summed E-state index contributed by atoms with van der Waals surface area (Å²) < 4.78 is 4.69. The average Bonchev–Trinajstić information content (AvgIpc) is 3.51. The molecule has 1 saturated heterocycles. The van der Waals surface area contributed by atoms with Crippen molar-refractivity contribution in [2.45, 2.75) is 78.2 Å². The Hall–Kier alpha value is -6.19. The number of benzene rings is 2. The Labute approximate surface area is 351 Å². The van der Waals surface area contributed by atoms with Crippen LogP contribution in [0.15, 0.2) is 103 Å². The summed E-state index contributed by atoms with van der Waals surface area (Å²) in [5.74, 6) is -2.66. The van der Waals surface area contributed by atoms with Gasteiger partial charge in [-0.25, -0.2) is 14.6 Å². The van der Waals surface area contributed by atoms with Crippen LogP contribution >= 0.6 is 0 Å². The molecule has 15 nitrogen and oxygen atoms in total. The van der Waals surface area contributed by atoms with E-state index in [9.17, 15) is 29.1 Å². The van der Waals surface area contributed by atoms with Crippen molar-refractivity contribution in [1.29, 1.82) is 0 Å². The van der Waals surface area contributed by atoms with E-state index in [1.165, 1.54) is 7.11 Å². The highest BCUT2D eigenvalue weighted by atomic mass is 16.5. The van der Waals surface area contributed by atoms with E-state index >= 15 is 0 Å². The van der Waals surface area contributed by atoms with Gasteiger partial charge in [-0.05, 0) is 53.1 Å². The number of hydrogen-bond acceptors (Lipinski definition) is 10. The fourth-order valence-corrected chi connectivity index (χ4v) is 7.14. The highest BCUT2D eigenvalue weighted by Gasteiger charge is 2.47. The Balaban J connectivity index is 1.38. The molecular formula is C45H56N8O7. The first kappa shape index (κ1) is 44.9. The number of urea groups is 1. The van der Waals surface area contributed by atoms with Crippen LogP contribution in [-0.4, -0.2) is 93.2 Å². The molecule has 1 fully saturated rings. The molecule has 60 heavy (non-hydrogen) atoms. The van der Waals surface area contributed by atoms with Crippen molar-refractivity contribution in [3.8, 4) is 11.3 Å². The van der Waals surface area contributed by atoms with Crippen molar-refractivity contribution >= 4 is 29.8 Å². The average molecular weight is 821 g/mol. The van der Waals surface area contributed by atoms with Crippen LogP contribution in [0.25, 0.3) is 11.3 Å². The first-order valence-corrected chi connectivity index (χ1v) is 20.2. The molecule has 5 atom stereocenters. The van der Waals surface area contributed by atoms with Crippen molar-refractivity contribution in [2.75, 3.05) is 20.2 Å². The lowest BCUT2D eigenvalue weighted by molar-refractivity contribution is -0.137. The third kappa shape index (κ3) is 12.7. The van der Waals surface area contributed by atoms with Crippen LogP contribution in [0.2, 0.25) is 0 Å². The molecule has 0 spiro atoms. The molecule has 5 unspecified atom stereocenters. The molecular weight excluding hydrogens is 765 g/mol. The van der Waals surface area contributed by atoms with E-state index in [1.807, 2.05) is 100 Å². The molecule has 1 aliphatic rings. The van der Waals surface area contributed by atoms with Gasteiger partial charge in [0, 0.05) is 44.0 Å². The lowest BCUT2D eigenvalue weighted by Gasteiger charge is -2.33. The number of methoxy groups -OCH3 is 1. The fraction of sp³-hybridized carbons (Fsp3) is 0.400. The monoisotopic (exact) mass is 820 g/mol. The molecule has 6 amide bonds. The summed E-state index contributed by atoms with van der Waals surface area (Å²) in [6.07, 6.45) is 2.26. The maximum absolute atomic E-state index is 14.5. The second-order valence-corrected chi connectivity index (χ2v) is 16.0. The highest BCUT2D eigenvalue weighted by Crippen LogP contribution is 2.26. The normalized spacial score (nSPS) is 16.1. The van der Waals surface area contributed by atoms with Crippen LogP contribution in [0.4, 0.5) is 9.59 Å². The smallest absolute Gasteiger partial charge is 0.406 e. The molecule has 2 aromatic carbocycles. The number of aliphatic hydroxyl groups excluding tert-OH is 1. The maximum atomic E-state index is 14.5. The molecule has 3 heterocycles. The van der Waals surface area contributed by atoms with E-state index in [1.54, 1.807) is 35.6 Å². The summed E-state index contributed by atoms with van der Waals surface area (Å²) in [7, 11) is 1.27. The number of amides is 6. The Morgan fingerprint density at radius 2 is 1.62 bits per heavy atom. The summed E-state index contributed by atoms with van der Waals surface area (Å²) in [5.41, 5.74) is 6.24. The van der Waals surface area contributed by atoms with E-state index in [4.69, 9.17) is 4.74 Å². The number of aliphatic hydroxyl groups is 1. The number of carbonyl (C=O) groups excluding carboxylic acids is 5. The Bertz CT molecular complexity index is 2040. The lowest BCUT2D eigenvalue weighted by Crippen LogP contribution is -2.56. The molecule has 0 aliphatic carbocycles. The zero-order valence-corrected chi connectivity index (χ0v) is 34.8. The van der Waals surface area contributed by atoms with Crippen molar-refractivity contribution < 1.29 is 33.8 Å². The van der Waals surface area contributed by atoms with E-state index in [0.29, 0.717) is 12.1 Å². The third-order valence-electron chi connectivity index (χ3n) is 10.6. The second-order valence-electron chi connectivity index (χ2n) is 16.0. The number of hydrogen-bond donors (Lipinski definition) is 5. The number of imide groups is 1. The van der Waals surface area contributed by atoms with Gasteiger partial charge in [-0.2, -0.15) is 0 Å². The van der Waals surface area contributed by atoms with Gasteiger partial charge >= 0.3 is 12.1 Å². The standard InChI is InChI=1S/C45H56N8O7/c1-6-30(2)39(40-42(57)53(43(58)50-40)27-34-16-10-12-22-46-34)41(56)49-36(24-31-14-8-7-9-15-31)37(54)28-52(51-38(55)25-45(3,4)29-48-44(59)60-5)26-32-18-20-33(21-19-32)35-17-11-13-23-47-35/h7-23,30,36-37,39-40,54H,6,24-29H2,1-5H3,(H,48,59)(H,49,56)(H,50,58)(H,51,55). The van der Waals surface area contributed by atoms with Crippen LogP contribution in [0.3, 0.4) is 0 Å². The quantitative estimate of drug-likeness (QED) is 0.0621. The predicted molar refractivity (Wildman–Crippen MR) is 225 cm³/mol. The van der Waals surface area contributed by atoms with Crippen LogP contribution in [0.1, 0.15) is 57.4 Å². The maximum Gasteiger partial charge on any atom is 0.406 e. The molecule has 0 bridgehead atoms. The molecule has 5 N–H and O–H groups in total. The number of nitrogens with zero attached hydrogens (tertiary/aromatic N) is 4. The van der Waals surface area contributed by atoms with Gasteiger partial charge in [0.15, 0.2) is 0 Å². The molecule has 15 heteroatoms. The number of rotatable bonds is 20. The molecule has 5 rings (SSSR count). The molecule has 4 aromatic rings. The SMILES string of the molecule is CCC(C)C(C(=O)NC(Cc1ccccc1)C(O)CN(Cc1ccc(-c2ccccn2)cc1)NC(=O)CC(C)(C)CNC(=O)OC)C1NC(=O)N(Cc2ccccn2)C1=O. The minimum atomic E-state index is -1.23. The third-order valence-corrected chi connectivity index (χ3v) is 10.6. The van der Waals surface area contributed by atoms with Crippen molar-refractivity contribution in [1.82, 2.24) is 41.3 Å². The Morgan fingerprint density at radius 3 is 2.25 bits per heavy atom. The van der Waals surface area contributed by atoms with Gasteiger partial charge in [0.25, 0.3) is 5.91 Å². The van der Waals surface area contributed by atoms with Crippen molar-refractivity contribution in [3.63, 3.8) is 0 Å². The van der Waals surface area contributed by atoms with Crippen LogP contribution in [-0.2, 0) is 38.6 Å². The van der Waals surface area contributed by atoms with E-state index in [2.05, 4.69) is 31.3 Å². The zero-order chi connectivity index (χ0) is 43.2. The van der Waals surface area contributed by atoms with E-state index < -0.39 is 53.5 Å². The number of aromatic nitrogens is 2. The number of nitrogens with one attached hydrogen (secondary N) is 4. The largest absolute Gasteiger partial charge is 0.453 e. The Kier molecular flexibility index (Phi) is 15.9. The number of alkyl carbamates (subject to hydrolysis) is 1. The fourth-order valence-electron chi connectivity index (χ4n) is 7.14. The topological polar surface area (TPSA) is 195 Å². The molecule has 1 aliphatic heterocycles. The van der Waals surface area contributed by atoms with Crippen LogP contribution in [0, 0.1) is 17.3 Å². The van der Waals surface area contributed by atoms with Gasteiger partial charge in [0.1, 0.15) is 6.04 Å². The summed E-state index contributed by atoms with van der Waals surface area (Å²) in [5, 5.41) is 22.2. The van der Waals surface area contributed by atoms with Gasteiger partial charge in [0.2, 0.25) is 11.8 Å². The van der Waals surface area contributed by atoms with Gasteiger partial charge in [0.05, 0.1) is 43.1 Å². The summed E-state index contributed by atoms with van der Waals surface area (Å²) in [4.78, 5) is 76.6. The lowest BCUT2D eigenvalue weighted by atomic mass is 9.84. The Morgan fingerprint density at radius 1 is 0.933 bits per heavy atom. The summed E-state index contributed by atoms with van der Waals surface area (Å²) in [6, 6.07) is 25.4. The second kappa shape index (κ2) is 21.2. The molecule has 0 radical (unpaired) electrons.